The molecule has 166 valence electrons. The third-order valence-corrected chi connectivity index (χ3v) is 5.47. The van der Waals surface area contributed by atoms with Gasteiger partial charge in [-0.05, 0) is 45.4 Å². The number of benzene rings is 1. The van der Waals surface area contributed by atoms with Crippen molar-refractivity contribution in [3.05, 3.63) is 50.9 Å². The van der Waals surface area contributed by atoms with Crippen LogP contribution in [0.3, 0.4) is 0 Å². The summed E-state index contributed by atoms with van der Waals surface area (Å²) in [5, 5.41) is 2.74. The predicted molar refractivity (Wildman–Crippen MR) is 118 cm³/mol. The van der Waals surface area contributed by atoms with E-state index < -0.39 is 24.5 Å². The van der Waals surface area contributed by atoms with Gasteiger partial charge in [0.05, 0.1) is 22.6 Å². The number of aryl methyl sites for hydroxylation is 2. The molecule has 31 heavy (non-hydrogen) atoms. The summed E-state index contributed by atoms with van der Waals surface area (Å²) in [4.78, 5) is 51.2. The van der Waals surface area contributed by atoms with Crippen LogP contribution in [-0.2, 0) is 14.3 Å². The van der Waals surface area contributed by atoms with Gasteiger partial charge in [0.1, 0.15) is 5.00 Å². The van der Waals surface area contributed by atoms with Crippen molar-refractivity contribution in [2.75, 3.05) is 32.6 Å². The maximum atomic E-state index is 12.4. The van der Waals surface area contributed by atoms with Gasteiger partial charge in [-0.3, -0.25) is 9.59 Å². The summed E-state index contributed by atoms with van der Waals surface area (Å²) >= 11 is 0.975. The minimum absolute atomic E-state index is 0.117. The number of amides is 2. The maximum Gasteiger partial charge on any atom is 0.341 e. The first-order valence-electron chi connectivity index (χ1n) is 9.62. The number of esters is 2. The smallest absolute Gasteiger partial charge is 0.341 e. The molecule has 0 bridgehead atoms. The molecular weight excluding hydrogens is 420 g/mol. The standard InChI is InChI=1S/C22H26N2O6S/c1-7-29-22(28)17-14(4)18(20(26)24(5)6)31-19(17)23-16(25)11-30-21(27)15-9-12(2)8-13(3)10-15/h8-10H,7,11H2,1-6H3,(H,23,25). The van der Waals surface area contributed by atoms with Crippen LogP contribution >= 0.6 is 11.3 Å². The molecule has 2 rings (SSSR count). The molecule has 0 fully saturated rings. The Morgan fingerprint density at radius 2 is 1.58 bits per heavy atom. The molecule has 0 atom stereocenters. The third kappa shape index (κ3) is 5.91. The molecule has 9 heteroatoms. The number of hydrogen-bond acceptors (Lipinski definition) is 7. The van der Waals surface area contributed by atoms with Crippen molar-refractivity contribution in [2.24, 2.45) is 0 Å². The van der Waals surface area contributed by atoms with Gasteiger partial charge >= 0.3 is 11.9 Å². The zero-order valence-electron chi connectivity index (χ0n) is 18.5. The molecule has 0 saturated heterocycles. The van der Waals surface area contributed by atoms with E-state index in [1.807, 2.05) is 19.9 Å². The van der Waals surface area contributed by atoms with Gasteiger partial charge in [-0.2, -0.15) is 0 Å². The first-order chi connectivity index (χ1) is 14.5. The van der Waals surface area contributed by atoms with Crippen LogP contribution in [0, 0.1) is 20.8 Å². The number of nitrogens with zero attached hydrogens (tertiary/aromatic N) is 1. The number of carbonyl (C=O) groups excluding carboxylic acids is 4. The Labute approximate surface area is 185 Å². The number of anilines is 1. The van der Waals surface area contributed by atoms with Crippen molar-refractivity contribution < 1.29 is 28.7 Å². The Hall–Kier alpha value is -3.20. The van der Waals surface area contributed by atoms with Crippen molar-refractivity contribution in [1.82, 2.24) is 4.90 Å². The summed E-state index contributed by atoms with van der Waals surface area (Å²) in [7, 11) is 3.19. The van der Waals surface area contributed by atoms with E-state index in [0.29, 0.717) is 16.0 Å². The maximum absolute atomic E-state index is 12.4. The number of carbonyl (C=O) groups is 4. The Bertz CT molecular complexity index is 1000. The monoisotopic (exact) mass is 446 g/mol. The van der Waals surface area contributed by atoms with E-state index >= 15 is 0 Å². The second kappa shape index (κ2) is 10.2. The molecule has 1 N–H and O–H groups in total. The predicted octanol–water partition coefficient (Wildman–Crippen LogP) is 3.35. The minimum Gasteiger partial charge on any atom is -0.462 e. The van der Waals surface area contributed by atoms with E-state index in [9.17, 15) is 19.2 Å². The lowest BCUT2D eigenvalue weighted by molar-refractivity contribution is -0.119. The van der Waals surface area contributed by atoms with Gasteiger partial charge in [0.15, 0.2) is 6.61 Å². The Balaban J connectivity index is 2.19. The summed E-state index contributed by atoms with van der Waals surface area (Å²) < 4.78 is 10.2. The highest BCUT2D eigenvalue weighted by atomic mass is 32.1. The summed E-state index contributed by atoms with van der Waals surface area (Å²) in [5.41, 5.74) is 2.70. The number of nitrogens with one attached hydrogen (secondary N) is 1. The zero-order chi connectivity index (χ0) is 23.3. The van der Waals surface area contributed by atoms with Gasteiger partial charge < -0.3 is 19.7 Å². The van der Waals surface area contributed by atoms with Crippen LogP contribution in [0.4, 0.5) is 5.00 Å². The molecular formula is C22H26N2O6S. The van der Waals surface area contributed by atoms with E-state index in [2.05, 4.69) is 5.32 Å². The number of hydrogen-bond donors (Lipinski definition) is 1. The van der Waals surface area contributed by atoms with Crippen molar-refractivity contribution in [3.8, 4) is 0 Å². The average Bonchev–Trinajstić information content (AvgIpc) is 3.00. The molecule has 0 aliphatic rings. The number of rotatable bonds is 7. The van der Waals surface area contributed by atoms with E-state index in [1.165, 1.54) is 4.90 Å². The molecule has 0 saturated carbocycles. The fourth-order valence-electron chi connectivity index (χ4n) is 2.93. The second-order valence-corrected chi connectivity index (χ2v) is 8.20. The molecule has 0 aliphatic carbocycles. The lowest BCUT2D eigenvalue weighted by atomic mass is 10.1. The zero-order valence-corrected chi connectivity index (χ0v) is 19.3. The first kappa shape index (κ1) is 24.1. The van der Waals surface area contributed by atoms with Gasteiger partial charge in [0.25, 0.3) is 11.8 Å². The summed E-state index contributed by atoms with van der Waals surface area (Å²) in [6.45, 7) is 6.61. The quantitative estimate of drug-likeness (QED) is 0.655. The van der Waals surface area contributed by atoms with Crippen LogP contribution < -0.4 is 5.32 Å². The van der Waals surface area contributed by atoms with E-state index in [-0.39, 0.29) is 23.1 Å². The highest BCUT2D eigenvalue weighted by molar-refractivity contribution is 7.18. The van der Waals surface area contributed by atoms with Crippen LogP contribution in [0.1, 0.15) is 54.0 Å². The summed E-state index contributed by atoms with van der Waals surface area (Å²) in [6.07, 6.45) is 0. The van der Waals surface area contributed by atoms with Gasteiger partial charge in [-0.15, -0.1) is 11.3 Å². The van der Waals surface area contributed by atoms with Gasteiger partial charge in [0, 0.05) is 14.1 Å². The van der Waals surface area contributed by atoms with Gasteiger partial charge in [-0.25, -0.2) is 9.59 Å². The molecule has 0 aliphatic heterocycles. The minimum atomic E-state index is -0.642. The lowest BCUT2D eigenvalue weighted by Gasteiger charge is -2.09. The lowest BCUT2D eigenvalue weighted by Crippen LogP contribution is -2.22. The molecule has 1 aromatic carbocycles. The van der Waals surface area contributed by atoms with E-state index in [4.69, 9.17) is 9.47 Å². The highest BCUT2D eigenvalue weighted by Gasteiger charge is 2.27. The molecule has 1 aromatic heterocycles. The molecule has 0 radical (unpaired) electrons. The van der Waals surface area contributed by atoms with Crippen LogP contribution in [0.2, 0.25) is 0 Å². The van der Waals surface area contributed by atoms with Crippen LogP contribution in [0.5, 0.6) is 0 Å². The van der Waals surface area contributed by atoms with Crippen molar-refractivity contribution in [2.45, 2.75) is 27.7 Å². The highest BCUT2D eigenvalue weighted by Crippen LogP contribution is 2.34. The largest absolute Gasteiger partial charge is 0.462 e. The molecule has 2 aromatic rings. The van der Waals surface area contributed by atoms with Crippen molar-refractivity contribution in [3.63, 3.8) is 0 Å². The Kier molecular flexibility index (Phi) is 7.93. The first-order valence-corrected chi connectivity index (χ1v) is 10.4. The summed E-state index contributed by atoms with van der Waals surface area (Å²) in [6, 6.07) is 5.27. The van der Waals surface area contributed by atoms with Gasteiger partial charge in [0.2, 0.25) is 0 Å². The molecule has 2 amide bonds. The normalized spacial score (nSPS) is 10.4. The van der Waals surface area contributed by atoms with E-state index in [0.717, 1.165) is 22.5 Å². The van der Waals surface area contributed by atoms with Crippen LogP contribution in [-0.4, -0.2) is 56.0 Å². The molecule has 1 heterocycles. The average molecular weight is 447 g/mol. The Morgan fingerprint density at radius 3 is 2.13 bits per heavy atom. The fourth-order valence-corrected chi connectivity index (χ4v) is 4.16. The second-order valence-electron chi connectivity index (χ2n) is 7.18. The van der Waals surface area contributed by atoms with Crippen LogP contribution in [0.15, 0.2) is 18.2 Å². The summed E-state index contributed by atoms with van der Waals surface area (Å²) in [5.74, 6) is -2.20. The number of ether oxygens (including phenoxy) is 2. The van der Waals surface area contributed by atoms with Gasteiger partial charge in [-0.1, -0.05) is 17.2 Å². The Morgan fingerprint density at radius 1 is 0.968 bits per heavy atom. The van der Waals surface area contributed by atoms with Crippen molar-refractivity contribution >= 4 is 40.1 Å². The molecule has 8 nitrogen and oxygen atoms in total. The van der Waals surface area contributed by atoms with Crippen LogP contribution in [0.25, 0.3) is 0 Å². The number of thiophene rings is 1. The van der Waals surface area contributed by atoms with E-state index in [1.54, 1.807) is 40.1 Å². The molecule has 0 unspecified atom stereocenters. The molecule has 0 spiro atoms. The third-order valence-electron chi connectivity index (χ3n) is 4.27. The topological polar surface area (TPSA) is 102 Å². The fraction of sp³-hybridized carbons (Fsp3) is 0.364. The SMILES string of the molecule is CCOC(=O)c1c(NC(=O)COC(=O)c2cc(C)cc(C)c2)sc(C(=O)N(C)C)c1C. The van der Waals surface area contributed by atoms with Crippen molar-refractivity contribution in [1.29, 1.82) is 0 Å².